The number of cyclic esters (lactones) is 1. The van der Waals surface area contributed by atoms with Crippen molar-refractivity contribution in [1.29, 1.82) is 0 Å². The van der Waals surface area contributed by atoms with Crippen LogP contribution in [0.25, 0.3) is 0 Å². The molecule has 0 saturated carbocycles. The highest BCUT2D eigenvalue weighted by Gasteiger charge is 2.27. The number of halogens is 2. The number of carbonyl (C=O) groups excluding carboxylic acids is 1. The summed E-state index contributed by atoms with van der Waals surface area (Å²) in [5.74, 6) is 0. The summed E-state index contributed by atoms with van der Waals surface area (Å²) in [6.45, 7) is 0.777. The minimum Gasteiger partial charge on any atom is -0.447 e. The molecule has 7 heteroatoms. The Morgan fingerprint density at radius 3 is 2.53 bits per heavy atom. The van der Waals surface area contributed by atoms with Crippen molar-refractivity contribution in [3.8, 4) is 0 Å². The predicted octanol–water partition coefficient (Wildman–Crippen LogP) is 2.92. The first-order valence-electron chi connectivity index (χ1n) is 4.86. The summed E-state index contributed by atoms with van der Waals surface area (Å²) in [5, 5.41) is 0.715. The normalized spacial score (nSPS) is 15.0. The molecule has 1 amide bonds. The lowest BCUT2D eigenvalue weighted by Gasteiger charge is -2.17. The second-order valence-electron chi connectivity index (χ2n) is 3.36. The number of anilines is 2. The van der Waals surface area contributed by atoms with Gasteiger partial charge in [0.05, 0.1) is 35.1 Å². The largest absolute Gasteiger partial charge is 0.447 e. The molecule has 1 aromatic rings. The average Bonchev–Trinajstić information content (AvgIpc) is 2.64. The highest BCUT2D eigenvalue weighted by Crippen LogP contribution is 2.37. The van der Waals surface area contributed by atoms with E-state index in [-0.39, 0.29) is 0 Å². The Bertz CT molecular complexity index is 430. The molecule has 0 atom stereocenters. The number of carbonyl (C=O) groups is 1. The van der Waals surface area contributed by atoms with Gasteiger partial charge < -0.3 is 4.74 Å². The third-order valence-corrected chi connectivity index (χ3v) is 2.84. The van der Waals surface area contributed by atoms with Crippen molar-refractivity contribution >= 4 is 40.7 Å². The zero-order valence-electron chi connectivity index (χ0n) is 9.00. The summed E-state index contributed by atoms with van der Waals surface area (Å²) in [6, 6.07) is 3.25. The molecule has 0 radical (unpaired) electrons. The molecule has 2 rings (SSSR count). The fraction of sp³-hybridized carbons (Fsp3) is 0.300. The Morgan fingerprint density at radius 1 is 1.41 bits per heavy atom. The number of nitrogens with zero attached hydrogens (tertiary/aromatic N) is 1. The maximum absolute atomic E-state index is 11.4. The van der Waals surface area contributed by atoms with Gasteiger partial charge in [0, 0.05) is 0 Å². The summed E-state index contributed by atoms with van der Waals surface area (Å²) < 4.78 is 4.84. The van der Waals surface area contributed by atoms with E-state index in [1.54, 1.807) is 12.1 Å². The van der Waals surface area contributed by atoms with Crippen LogP contribution in [0.1, 0.15) is 0 Å². The highest BCUT2D eigenvalue weighted by molar-refractivity contribution is 6.40. The lowest BCUT2D eigenvalue weighted by Crippen LogP contribution is -2.24. The van der Waals surface area contributed by atoms with E-state index in [9.17, 15) is 4.79 Å². The van der Waals surface area contributed by atoms with Crippen molar-refractivity contribution in [2.45, 2.75) is 0 Å². The molecule has 0 spiro atoms. The number of nitrogens with one attached hydrogen (secondary N) is 1. The standard InChI is InChI=1S/C10H10Cl2N2O3/c1-16-13-6-4-7(11)9(8(12)5-6)14-2-3-17-10(14)15/h4-5,13H,2-3H2,1H3. The Labute approximate surface area is 108 Å². The second kappa shape index (κ2) is 5.00. The molecule has 0 bridgehead atoms. The monoisotopic (exact) mass is 276 g/mol. The molecular formula is C10H10Cl2N2O3. The molecule has 0 unspecified atom stereocenters. The van der Waals surface area contributed by atoms with Gasteiger partial charge in [-0.1, -0.05) is 23.2 Å². The number of hydrogen-bond donors (Lipinski definition) is 1. The molecule has 1 aliphatic rings. The van der Waals surface area contributed by atoms with Gasteiger partial charge in [-0.15, -0.1) is 0 Å². The van der Waals surface area contributed by atoms with Crippen molar-refractivity contribution in [3.05, 3.63) is 22.2 Å². The molecule has 1 aromatic carbocycles. The van der Waals surface area contributed by atoms with Gasteiger partial charge in [-0.2, -0.15) is 0 Å². The Kier molecular flexibility index (Phi) is 3.61. The van der Waals surface area contributed by atoms with Crippen molar-refractivity contribution in [2.75, 3.05) is 30.6 Å². The first kappa shape index (κ1) is 12.3. The van der Waals surface area contributed by atoms with E-state index in [1.807, 2.05) is 0 Å². The molecular weight excluding hydrogens is 267 g/mol. The van der Waals surface area contributed by atoms with Crippen LogP contribution in [-0.4, -0.2) is 26.4 Å². The van der Waals surface area contributed by atoms with E-state index < -0.39 is 6.09 Å². The first-order valence-corrected chi connectivity index (χ1v) is 5.61. The molecule has 0 aliphatic carbocycles. The minimum atomic E-state index is -0.443. The van der Waals surface area contributed by atoms with Gasteiger partial charge in [-0.05, 0) is 12.1 Å². The first-order chi connectivity index (χ1) is 8.13. The van der Waals surface area contributed by atoms with Crippen LogP contribution in [0.2, 0.25) is 10.0 Å². The lowest BCUT2D eigenvalue weighted by atomic mass is 10.2. The van der Waals surface area contributed by atoms with Gasteiger partial charge in [0.25, 0.3) is 0 Å². The van der Waals surface area contributed by atoms with Crippen LogP contribution < -0.4 is 10.4 Å². The summed E-state index contributed by atoms with van der Waals surface area (Å²) >= 11 is 12.2. The van der Waals surface area contributed by atoms with Crippen molar-refractivity contribution in [2.24, 2.45) is 0 Å². The maximum Gasteiger partial charge on any atom is 0.414 e. The molecule has 1 saturated heterocycles. The number of benzene rings is 1. The number of amides is 1. The van der Waals surface area contributed by atoms with Crippen LogP contribution in [0.3, 0.4) is 0 Å². The molecule has 1 N–H and O–H groups in total. The number of rotatable bonds is 3. The van der Waals surface area contributed by atoms with E-state index in [0.29, 0.717) is 34.6 Å². The fourth-order valence-electron chi connectivity index (χ4n) is 1.60. The summed E-state index contributed by atoms with van der Waals surface area (Å²) in [6.07, 6.45) is -0.443. The Morgan fingerprint density at radius 2 is 2.06 bits per heavy atom. The number of hydrogen-bond acceptors (Lipinski definition) is 4. The maximum atomic E-state index is 11.4. The molecule has 17 heavy (non-hydrogen) atoms. The van der Waals surface area contributed by atoms with Gasteiger partial charge in [0.1, 0.15) is 6.61 Å². The second-order valence-corrected chi connectivity index (χ2v) is 4.18. The van der Waals surface area contributed by atoms with Gasteiger partial charge in [-0.3, -0.25) is 15.2 Å². The molecule has 92 valence electrons. The molecule has 1 fully saturated rings. The predicted molar refractivity (Wildman–Crippen MR) is 65.8 cm³/mol. The summed E-state index contributed by atoms with van der Waals surface area (Å²) in [5.41, 5.74) is 3.68. The van der Waals surface area contributed by atoms with E-state index >= 15 is 0 Å². The zero-order chi connectivity index (χ0) is 12.4. The van der Waals surface area contributed by atoms with Crippen molar-refractivity contribution in [1.82, 2.24) is 0 Å². The fourth-order valence-corrected chi connectivity index (χ4v) is 2.29. The third kappa shape index (κ3) is 2.41. The molecule has 1 aliphatic heterocycles. The van der Waals surface area contributed by atoms with Crippen LogP contribution >= 0.6 is 23.2 Å². The SMILES string of the molecule is CONc1cc(Cl)c(N2CCOC2=O)c(Cl)c1. The molecule has 0 aromatic heterocycles. The van der Waals surface area contributed by atoms with E-state index in [1.165, 1.54) is 12.0 Å². The van der Waals surface area contributed by atoms with Crippen LogP contribution in [0.15, 0.2) is 12.1 Å². The minimum absolute atomic E-state index is 0.337. The van der Waals surface area contributed by atoms with E-state index in [0.717, 1.165) is 0 Å². The lowest BCUT2D eigenvalue weighted by molar-refractivity contribution is 0.181. The third-order valence-electron chi connectivity index (χ3n) is 2.27. The van der Waals surface area contributed by atoms with Gasteiger partial charge in [0.15, 0.2) is 0 Å². The summed E-state index contributed by atoms with van der Waals surface area (Å²) in [7, 11) is 1.48. The quantitative estimate of drug-likeness (QED) is 0.863. The smallest absolute Gasteiger partial charge is 0.414 e. The van der Waals surface area contributed by atoms with Gasteiger partial charge >= 0.3 is 6.09 Å². The van der Waals surface area contributed by atoms with Crippen LogP contribution in [0, 0.1) is 0 Å². The zero-order valence-corrected chi connectivity index (χ0v) is 10.5. The highest BCUT2D eigenvalue weighted by atomic mass is 35.5. The summed E-state index contributed by atoms with van der Waals surface area (Å²) in [4.78, 5) is 17.6. The number of ether oxygens (including phenoxy) is 1. The van der Waals surface area contributed by atoms with Crippen molar-refractivity contribution in [3.63, 3.8) is 0 Å². The van der Waals surface area contributed by atoms with Crippen LogP contribution in [0.5, 0.6) is 0 Å². The van der Waals surface area contributed by atoms with Crippen LogP contribution in [0.4, 0.5) is 16.2 Å². The Balaban J connectivity index is 2.37. The van der Waals surface area contributed by atoms with E-state index in [4.69, 9.17) is 32.8 Å². The van der Waals surface area contributed by atoms with Crippen LogP contribution in [-0.2, 0) is 9.57 Å². The average molecular weight is 277 g/mol. The topological polar surface area (TPSA) is 50.8 Å². The molecule has 1 heterocycles. The van der Waals surface area contributed by atoms with Crippen molar-refractivity contribution < 1.29 is 14.4 Å². The van der Waals surface area contributed by atoms with Gasteiger partial charge in [0.2, 0.25) is 0 Å². The Hall–Kier alpha value is -1.17. The van der Waals surface area contributed by atoms with E-state index in [2.05, 4.69) is 5.48 Å². The molecule has 5 nitrogen and oxygen atoms in total. The van der Waals surface area contributed by atoms with Gasteiger partial charge in [-0.25, -0.2) is 4.79 Å².